The van der Waals surface area contributed by atoms with Crippen LogP contribution in [0.1, 0.15) is 27.9 Å². The zero-order valence-electron chi connectivity index (χ0n) is 13.0. The minimum atomic E-state index is -0.257. The third-order valence-corrected chi connectivity index (χ3v) is 3.36. The highest BCUT2D eigenvalue weighted by Gasteiger charge is 2.05. The number of nitrogens with one attached hydrogen (secondary N) is 3. The first-order valence-electron chi connectivity index (χ1n) is 7.41. The van der Waals surface area contributed by atoms with Crippen molar-refractivity contribution in [1.82, 2.24) is 21.2 Å². The van der Waals surface area contributed by atoms with E-state index in [1.54, 1.807) is 24.5 Å². The molecule has 0 fully saturated rings. The Labute approximate surface area is 135 Å². The normalized spacial score (nSPS) is 10.1. The topological polar surface area (TPSA) is 83.1 Å². The molecule has 1 heterocycles. The van der Waals surface area contributed by atoms with Crippen LogP contribution in [0.3, 0.4) is 0 Å². The van der Waals surface area contributed by atoms with E-state index in [1.807, 2.05) is 31.2 Å². The van der Waals surface area contributed by atoms with Crippen LogP contribution in [-0.2, 0) is 11.3 Å². The molecule has 0 unspecified atom stereocenters. The number of aromatic nitrogens is 1. The molecule has 23 heavy (non-hydrogen) atoms. The second kappa shape index (κ2) is 8.65. The van der Waals surface area contributed by atoms with Gasteiger partial charge in [0, 0.05) is 37.5 Å². The first-order valence-corrected chi connectivity index (χ1v) is 7.41. The van der Waals surface area contributed by atoms with Gasteiger partial charge in [-0.2, -0.15) is 0 Å². The lowest BCUT2D eigenvalue weighted by Gasteiger charge is -2.09. The molecule has 0 spiro atoms. The predicted molar refractivity (Wildman–Crippen MR) is 87.3 cm³/mol. The van der Waals surface area contributed by atoms with Crippen molar-refractivity contribution in [2.45, 2.75) is 19.9 Å². The van der Waals surface area contributed by atoms with Crippen molar-refractivity contribution in [2.75, 3.05) is 6.54 Å². The molecule has 2 aromatic rings. The van der Waals surface area contributed by atoms with Crippen molar-refractivity contribution in [1.29, 1.82) is 0 Å². The number of hydrogen-bond donors (Lipinski definition) is 3. The zero-order chi connectivity index (χ0) is 16.5. The second-order valence-electron chi connectivity index (χ2n) is 5.07. The van der Waals surface area contributed by atoms with Crippen LogP contribution in [-0.4, -0.2) is 23.3 Å². The highest BCUT2D eigenvalue weighted by atomic mass is 16.2. The van der Waals surface area contributed by atoms with Crippen LogP contribution in [0.2, 0.25) is 0 Å². The Balaban J connectivity index is 1.63. The van der Waals surface area contributed by atoms with Gasteiger partial charge in [0.25, 0.3) is 5.91 Å². The van der Waals surface area contributed by atoms with Gasteiger partial charge in [0.1, 0.15) is 0 Å². The van der Waals surface area contributed by atoms with Gasteiger partial charge in [-0.25, -0.2) is 5.43 Å². The molecule has 0 saturated carbocycles. The molecule has 0 aliphatic carbocycles. The molecule has 2 amide bonds. The summed E-state index contributed by atoms with van der Waals surface area (Å²) in [7, 11) is 0. The van der Waals surface area contributed by atoms with Crippen molar-refractivity contribution in [3.63, 3.8) is 0 Å². The smallest absolute Gasteiger partial charge is 0.265 e. The summed E-state index contributed by atoms with van der Waals surface area (Å²) in [6.45, 7) is 2.88. The minimum Gasteiger partial charge on any atom is -0.352 e. The first kappa shape index (κ1) is 16.6. The molecule has 6 heteroatoms. The molecular weight excluding hydrogens is 292 g/mol. The summed E-state index contributed by atoms with van der Waals surface area (Å²) in [5.74, 6) is -0.327. The van der Waals surface area contributed by atoms with Crippen molar-refractivity contribution in [3.8, 4) is 0 Å². The van der Waals surface area contributed by atoms with E-state index >= 15 is 0 Å². The van der Waals surface area contributed by atoms with E-state index in [-0.39, 0.29) is 18.2 Å². The Hall–Kier alpha value is -2.73. The lowest BCUT2D eigenvalue weighted by atomic mass is 10.1. The van der Waals surface area contributed by atoms with Crippen molar-refractivity contribution in [3.05, 3.63) is 65.5 Å². The molecular formula is C17H20N4O2. The highest BCUT2D eigenvalue weighted by molar-refractivity contribution is 5.93. The van der Waals surface area contributed by atoms with Crippen LogP contribution in [0.5, 0.6) is 0 Å². The van der Waals surface area contributed by atoms with E-state index in [9.17, 15) is 9.59 Å². The molecule has 3 N–H and O–H groups in total. The Morgan fingerprint density at radius 2 is 1.83 bits per heavy atom. The number of rotatable bonds is 7. The SMILES string of the molecule is Cc1ccccc1CNC(=O)CCNNC(=O)c1ccncc1. The molecule has 2 rings (SSSR count). The maximum Gasteiger partial charge on any atom is 0.265 e. The van der Waals surface area contributed by atoms with Crippen LogP contribution >= 0.6 is 0 Å². The fraction of sp³-hybridized carbons (Fsp3) is 0.235. The standard InChI is InChI=1S/C17H20N4O2/c1-13-4-2-3-5-15(13)12-19-16(22)8-11-20-21-17(23)14-6-9-18-10-7-14/h2-7,9-10,20H,8,11-12H2,1H3,(H,19,22)(H,21,23). The van der Waals surface area contributed by atoms with Gasteiger partial charge in [-0.05, 0) is 30.2 Å². The first-order chi connectivity index (χ1) is 11.2. The highest BCUT2D eigenvalue weighted by Crippen LogP contribution is 2.05. The van der Waals surface area contributed by atoms with Gasteiger partial charge >= 0.3 is 0 Å². The van der Waals surface area contributed by atoms with E-state index in [0.29, 0.717) is 18.7 Å². The van der Waals surface area contributed by atoms with E-state index < -0.39 is 0 Å². The summed E-state index contributed by atoms with van der Waals surface area (Å²) in [5, 5.41) is 2.86. The minimum absolute atomic E-state index is 0.0705. The van der Waals surface area contributed by atoms with E-state index in [0.717, 1.165) is 11.1 Å². The maximum atomic E-state index is 11.8. The molecule has 0 aliphatic rings. The van der Waals surface area contributed by atoms with Crippen LogP contribution in [0, 0.1) is 6.92 Å². The van der Waals surface area contributed by atoms with E-state index in [1.165, 1.54) is 0 Å². The number of amides is 2. The summed E-state index contributed by atoms with van der Waals surface area (Å²) in [5.41, 5.74) is 8.04. The van der Waals surface area contributed by atoms with Crippen LogP contribution in [0.15, 0.2) is 48.8 Å². The third-order valence-electron chi connectivity index (χ3n) is 3.36. The van der Waals surface area contributed by atoms with E-state index in [2.05, 4.69) is 21.2 Å². The van der Waals surface area contributed by atoms with Crippen LogP contribution in [0.4, 0.5) is 0 Å². The van der Waals surface area contributed by atoms with Crippen LogP contribution in [0.25, 0.3) is 0 Å². The van der Waals surface area contributed by atoms with Crippen LogP contribution < -0.4 is 16.2 Å². The fourth-order valence-electron chi connectivity index (χ4n) is 1.98. The quantitative estimate of drug-likeness (QED) is 0.532. The van der Waals surface area contributed by atoms with Gasteiger partial charge in [-0.1, -0.05) is 24.3 Å². The number of hydrazine groups is 1. The van der Waals surface area contributed by atoms with Gasteiger partial charge in [-0.3, -0.25) is 20.0 Å². The van der Waals surface area contributed by atoms with Crippen molar-refractivity contribution < 1.29 is 9.59 Å². The van der Waals surface area contributed by atoms with Gasteiger partial charge < -0.3 is 5.32 Å². The molecule has 1 aromatic heterocycles. The summed E-state index contributed by atoms with van der Waals surface area (Å²) in [6, 6.07) is 11.2. The summed E-state index contributed by atoms with van der Waals surface area (Å²) in [6.07, 6.45) is 3.38. The number of pyridine rings is 1. The van der Waals surface area contributed by atoms with Gasteiger partial charge in [0.05, 0.1) is 0 Å². The Morgan fingerprint density at radius 3 is 2.57 bits per heavy atom. The summed E-state index contributed by atoms with van der Waals surface area (Å²) in [4.78, 5) is 27.4. The number of carbonyl (C=O) groups excluding carboxylic acids is 2. The maximum absolute atomic E-state index is 11.8. The number of nitrogens with zero attached hydrogens (tertiary/aromatic N) is 1. The largest absolute Gasteiger partial charge is 0.352 e. The molecule has 0 atom stereocenters. The molecule has 120 valence electrons. The predicted octanol–water partition coefficient (Wildman–Crippen LogP) is 1.33. The molecule has 0 radical (unpaired) electrons. The number of carbonyl (C=O) groups is 2. The molecule has 0 bridgehead atoms. The number of benzene rings is 1. The third kappa shape index (κ3) is 5.52. The van der Waals surface area contributed by atoms with Gasteiger partial charge in [0.2, 0.25) is 5.91 Å². The zero-order valence-corrected chi connectivity index (χ0v) is 13.0. The molecule has 1 aromatic carbocycles. The fourth-order valence-corrected chi connectivity index (χ4v) is 1.98. The summed E-state index contributed by atoms with van der Waals surface area (Å²) >= 11 is 0. The lowest BCUT2D eigenvalue weighted by Crippen LogP contribution is -2.39. The average Bonchev–Trinajstić information content (AvgIpc) is 2.58. The van der Waals surface area contributed by atoms with Gasteiger partial charge in [-0.15, -0.1) is 0 Å². The van der Waals surface area contributed by atoms with Crippen molar-refractivity contribution >= 4 is 11.8 Å². The second-order valence-corrected chi connectivity index (χ2v) is 5.07. The molecule has 0 saturated heterocycles. The lowest BCUT2D eigenvalue weighted by molar-refractivity contribution is -0.121. The number of hydrogen-bond acceptors (Lipinski definition) is 4. The average molecular weight is 312 g/mol. The molecule has 6 nitrogen and oxygen atoms in total. The Morgan fingerprint density at radius 1 is 1.09 bits per heavy atom. The Bertz CT molecular complexity index is 659. The van der Waals surface area contributed by atoms with Gasteiger partial charge in [0.15, 0.2) is 0 Å². The van der Waals surface area contributed by atoms with Crippen molar-refractivity contribution in [2.24, 2.45) is 0 Å². The monoisotopic (exact) mass is 312 g/mol. The Kier molecular flexibility index (Phi) is 6.26. The van der Waals surface area contributed by atoms with E-state index in [4.69, 9.17) is 0 Å². The molecule has 0 aliphatic heterocycles. The number of aryl methyl sites for hydroxylation is 1. The summed E-state index contributed by atoms with van der Waals surface area (Å²) < 4.78 is 0.